The standard InChI is InChI=1S/C24H22N4O3/c1-31-21-14-8-6-12-19(21)25-15-22(29)26-27-23-18-11-5-7-13-20(18)28(24(23)30)16-17-9-3-2-4-10-17/h2-14,25,30H,15-16H2,1H3. The number of hydrogen-bond donors (Lipinski definition) is 2. The van der Waals surface area contributed by atoms with Gasteiger partial charge in [0.2, 0.25) is 5.88 Å². The number of methoxy groups -OCH3 is 1. The number of carbonyl (C=O) groups excluding carboxylic acids is 1. The van der Waals surface area contributed by atoms with Crippen LogP contribution in [-0.4, -0.2) is 29.2 Å². The lowest BCUT2D eigenvalue weighted by atomic mass is 10.2. The molecule has 0 saturated heterocycles. The van der Waals surface area contributed by atoms with Crippen LogP contribution in [0.2, 0.25) is 0 Å². The number of rotatable bonds is 7. The molecule has 0 fully saturated rings. The van der Waals surface area contributed by atoms with Gasteiger partial charge < -0.3 is 19.7 Å². The summed E-state index contributed by atoms with van der Waals surface area (Å²) < 4.78 is 7.02. The van der Waals surface area contributed by atoms with Crippen LogP contribution >= 0.6 is 0 Å². The number of azo groups is 1. The summed E-state index contributed by atoms with van der Waals surface area (Å²) in [6.45, 7) is 0.430. The molecule has 0 aliphatic carbocycles. The Morgan fingerprint density at radius 3 is 2.52 bits per heavy atom. The van der Waals surface area contributed by atoms with Gasteiger partial charge in [-0.2, -0.15) is 0 Å². The van der Waals surface area contributed by atoms with E-state index >= 15 is 0 Å². The number of amides is 1. The van der Waals surface area contributed by atoms with Gasteiger partial charge in [0.25, 0.3) is 5.91 Å². The lowest BCUT2D eigenvalue weighted by molar-refractivity contribution is -0.116. The highest BCUT2D eigenvalue weighted by Gasteiger charge is 2.17. The van der Waals surface area contributed by atoms with Gasteiger partial charge >= 0.3 is 0 Å². The SMILES string of the molecule is COc1ccccc1NCC(=O)N=Nc1c(O)n(Cc2ccccc2)c2ccccc12. The van der Waals surface area contributed by atoms with Crippen LogP contribution < -0.4 is 10.1 Å². The maximum absolute atomic E-state index is 12.3. The van der Waals surface area contributed by atoms with Gasteiger partial charge in [0.1, 0.15) is 5.75 Å². The van der Waals surface area contributed by atoms with Gasteiger partial charge in [0.15, 0.2) is 5.69 Å². The molecule has 1 heterocycles. The Labute approximate surface area is 179 Å². The van der Waals surface area contributed by atoms with Crippen LogP contribution in [0.3, 0.4) is 0 Å². The summed E-state index contributed by atoms with van der Waals surface area (Å²) in [6, 6.07) is 24.6. The van der Waals surface area contributed by atoms with E-state index in [2.05, 4.69) is 15.5 Å². The molecule has 1 amide bonds. The van der Waals surface area contributed by atoms with Gasteiger partial charge in [0.05, 0.1) is 31.4 Å². The van der Waals surface area contributed by atoms with Crippen molar-refractivity contribution in [1.82, 2.24) is 4.57 Å². The maximum atomic E-state index is 12.3. The molecule has 0 bridgehead atoms. The van der Waals surface area contributed by atoms with Crippen molar-refractivity contribution in [3.05, 3.63) is 84.4 Å². The van der Waals surface area contributed by atoms with Gasteiger partial charge in [0, 0.05) is 5.39 Å². The predicted octanol–water partition coefficient (Wildman–Crippen LogP) is 5.13. The van der Waals surface area contributed by atoms with E-state index in [4.69, 9.17) is 4.74 Å². The Morgan fingerprint density at radius 2 is 1.71 bits per heavy atom. The summed E-state index contributed by atoms with van der Waals surface area (Å²) in [7, 11) is 1.57. The number of nitrogens with zero attached hydrogens (tertiary/aromatic N) is 3. The summed E-state index contributed by atoms with van der Waals surface area (Å²) in [6.07, 6.45) is 0. The molecule has 1 aromatic heterocycles. The molecular formula is C24H22N4O3. The summed E-state index contributed by atoms with van der Waals surface area (Å²) in [5, 5.41) is 22.4. The van der Waals surface area contributed by atoms with Crippen LogP contribution in [-0.2, 0) is 11.3 Å². The first kappa shape index (κ1) is 20.2. The average molecular weight is 414 g/mol. The largest absolute Gasteiger partial charge is 0.495 e. The molecular weight excluding hydrogens is 392 g/mol. The molecule has 7 nitrogen and oxygen atoms in total. The van der Waals surface area contributed by atoms with Gasteiger partial charge in [-0.1, -0.05) is 60.7 Å². The van der Waals surface area contributed by atoms with E-state index < -0.39 is 5.91 Å². The second-order valence-corrected chi connectivity index (χ2v) is 6.91. The zero-order chi connectivity index (χ0) is 21.6. The van der Waals surface area contributed by atoms with Crippen LogP contribution in [0.25, 0.3) is 10.9 Å². The molecule has 4 aromatic rings. The Balaban J connectivity index is 1.56. The molecule has 3 aromatic carbocycles. The summed E-state index contributed by atoms with van der Waals surface area (Å²) in [5.41, 5.74) is 2.82. The number of benzene rings is 3. The van der Waals surface area contributed by atoms with Gasteiger partial charge in [-0.05, 0) is 23.8 Å². The predicted molar refractivity (Wildman–Crippen MR) is 120 cm³/mol. The molecule has 31 heavy (non-hydrogen) atoms. The fraction of sp³-hybridized carbons (Fsp3) is 0.125. The van der Waals surface area contributed by atoms with E-state index in [0.717, 1.165) is 16.5 Å². The Kier molecular flexibility index (Phi) is 5.93. The number of ether oxygens (including phenoxy) is 1. The van der Waals surface area contributed by atoms with Crippen LogP contribution in [0, 0.1) is 0 Å². The summed E-state index contributed by atoms with van der Waals surface area (Å²) in [4.78, 5) is 12.3. The van der Waals surface area contributed by atoms with Crippen LogP contribution in [0.15, 0.2) is 89.1 Å². The van der Waals surface area contributed by atoms with Crippen molar-refractivity contribution in [2.45, 2.75) is 6.54 Å². The minimum Gasteiger partial charge on any atom is -0.495 e. The summed E-state index contributed by atoms with van der Waals surface area (Å²) in [5.74, 6) is 0.137. The third kappa shape index (κ3) is 4.40. The molecule has 2 N–H and O–H groups in total. The molecule has 0 spiro atoms. The van der Waals surface area contributed by atoms with E-state index in [0.29, 0.717) is 18.0 Å². The highest BCUT2D eigenvalue weighted by molar-refractivity contribution is 5.95. The zero-order valence-electron chi connectivity index (χ0n) is 17.0. The average Bonchev–Trinajstić information content (AvgIpc) is 3.08. The number of hydrogen-bond acceptors (Lipinski definition) is 5. The van der Waals surface area contributed by atoms with Crippen molar-refractivity contribution in [2.24, 2.45) is 10.2 Å². The van der Waals surface area contributed by atoms with Crippen molar-refractivity contribution in [3.63, 3.8) is 0 Å². The quantitative estimate of drug-likeness (QED) is 0.411. The normalized spacial score (nSPS) is 11.1. The fourth-order valence-electron chi connectivity index (χ4n) is 3.40. The van der Waals surface area contributed by atoms with E-state index in [1.54, 1.807) is 17.7 Å². The van der Waals surface area contributed by atoms with E-state index in [-0.39, 0.29) is 18.1 Å². The minimum atomic E-state index is -0.467. The second kappa shape index (κ2) is 9.13. The third-order valence-corrected chi connectivity index (χ3v) is 4.90. The van der Waals surface area contributed by atoms with E-state index in [9.17, 15) is 9.90 Å². The van der Waals surface area contributed by atoms with Gasteiger partial charge in [-0.15, -0.1) is 10.2 Å². The van der Waals surface area contributed by atoms with E-state index in [1.807, 2.05) is 72.8 Å². The number of para-hydroxylation sites is 3. The zero-order valence-corrected chi connectivity index (χ0v) is 17.0. The number of anilines is 1. The number of fused-ring (bicyclic) bond motifs is 1. The molecule has 0 atom stereocenters. The molecule has 0 aliphatic heterocycles. The maximum Gasteiger partial charge on any atom is 0.283 e. The molecule has 0 radical (unpaired) electrons. The fourth-order valence-corrected chi connectivity index (χ4v) is 3.40. The van der Waals surface area contributed by atoms with Crippen LogP contribution in [0.4, 0.5) is 11.4 Å². The molecule has 7 heteroatoms. The molecule has 0 aliphatic rings. The molecule has 4 rings (SSSR count). The Morgan fingerprint density at radius 1 is 1.00 bits per heavy atom. The second-order valence-electron chi connectivity index (χ2n) is 6.91. The number of aromatic nitrogens is 1. The van der Waals surface area contributed by atoms with Gasteiger partial charge in [-0.3, -0.25) is 4.79 Å². The van der Waals surface area contributed by atoms with E-state index in [1.165, 1.54) is 0 Å². The highest BCUT2D eigenvalue weighted by atomic mass is 16.5. The van der Waals surface area contributed by atoms with Crippen molar-refractivity contribution in [3.8, 4) is 11.6 Å². The number of aromatic hydroxyl groups is 1. The topological polar surface area (TPSA) is 88.2 Å². The number of carbonyl (C=O) groups is 1. The van der Waals surface area contributed by atoms with Gasteiger partial charge in [-0.25, -0.2) is 0 Å². The van der Waals surface area contributed by atoms with Crippen LogP contribution in [0.1, 0.15) is 5.56 Å². The third-order valence-electron chi connectivity index (χ3n) is 4.90. The smallest absolute Gasteiger partial charge is 0.283 e. The van der Waals surface area contributed by atoms with Crippen molar-refractivity contribution < 1.29 is 14.6 Å². The highest BCUT2D eigenvalue weighted by Crippen LogP contribution is 2.39. The van der Waals surface area contributed by atoms with Crippen molar-refractivity contribution in [2.75, 3.05) is 19.0 Å². The Hall–Kier alpha value is -4.13. The molecule has 156 valence electrons. The Bertz CT molecular complexity index is 1230. The number of nitrogens with one attached hydrogen (secondary N) is 1. The lowest BCUT2D eigenvalue weighted by Gasteiger charge is -2.08. The first-order valence-corrected chi connectivity index (χ1v) is 9.83. The lowest BCUT2D eigenvalue weighted by Crippen LogP contribution is -2.11. The molecule has 0 saturated carbocycles. The first-order valence-electron chi connectivity index (χ1n) is 9.83. The van der Waals surface area contributed by atoms with Crippen molar-refractivity contribution in [1.29, 1.82) is 0 Å². The van der Waals surface area contributed by atoms with Crippen molar-refractivity contribution >= 4 is 28.2 Å². The summed E-state index contributed by atoms with van der Waals surface area (Å²) >= 11 is 0. The first-order chi connectivity index (χ1) is 15.2. The monoisotopic (exact) mass is 414 g/mol. The minimum absolute atomic E-state index is 0.0284. The molecule has 0 unspecified atom stereocenters. The van der Waals surface area contributed by atoms with Crippen LogP contribution in [0.5, 0.6) is 11.6 Å².